The molecule has 2 fully saturated rings. The molecular formula is C26H34O10. The molecule has 4 aliphatic rings. The number of fused-ring (bicyclic) bond motifs is 5. The van der Waals surface area contributed by atoms with E-state index in [1.54, 1.807) is 26.0 Å². The molecule has 198 valence electrons. The summed E-state index contributed by atoms with van der Waals surface area (Å²) in [5, 5.41) is 43.2. The number of aliphatic carboxylic acids is 1. The average Bonchev–Trinajstić information content (AvgIpc) is 3.21. The number of ketones is 1. The van der Waals surface area contributed by atoms with E-state index in [2.05, 4.69) is 0 Å². The van der Waals surface area contributed by atoms with Gasteiger partial charge in [-0.3, -0.25) is 19.2 Å². The highest BCUT2D eigenvalue weighted by Crippen LogP contribution is 2.77. The molecule has 36 heavy (non-hydrogen) atoms. The summed E-state index contributed by atoms with van der Waals surface area (Å²) in [7, 11) is 0. The lowest BCUT2D eigenvalue weighted by molar-refractivity contribution is -0.228. The number of carbonyl (C=O) groups excluding carboxylic acids is 3. The molecule has 0 aromatic heterocycles. The van der Waals surface area contributed by atoms with Crippen molar-refractivity contribution in [2.45, 2.75) is 76.8 Å². The topological polar surface area (TPSA) is 168 Å². The van der Waals surface area contributed by atoms with E-state index < -0.39 is 88.7 Å². The summed E-state index contributed by atoms with van der Waals surface area (Å²) in [6, 6.07) is 0. The monoisotopic (exact) mass is 506 g/mol. The smallest absolute Gasteiger partial charge is 0.307 e. The van der Waals surface area contributed by atoms with Gasteiger partial charge in [0.15, 0.2) is 11.4 Å². The second-order valence-corrected chi connectivity index (χ2v) is 11.3. The van der Waals surface area contributed by atoms with E-state index in [-0.39, 0.29) is 18.4 Å². The van der Waals surface area contributed by atoms with Crippen molar-refractivity contribution < 1.29 is 49.1 Å². The number of hydrogen-bond acceptors (Lipinski definition) is 9. The number of ether oxygens (including phenoxy) is 2. The molecule has 0 aromatic rings. The molecule has 8 atom stereocenters. The molecule has 0 aromatic carbocycles. The molecule has 4 aliphatic carbocycles. The van der Waals surface area contributed by atoms with Crippen LogP contribution < -0.4 is 0 Å². The summed E-state index contributed by atoms with van der Waals surface area (Å²) < 4.78 is 11.7. The lowest BCUT2D eigenvalue weighted by Crippen LogP contribution is -2.66. The third-order valence-electron chi connectivity index (χ3n) is 9.08. The number of rotatable bonds is 6. The van der Waals surface area contributed by atoms with Crippen LogP contribution in [0.25, 0.3) is 0 Å². The van der Waals surface area contributed by atoms with Gasteiger partial charge in [-0.1, -0.05) is 32.9 Å². The van der Waals surface area contributed by atoms with Gasteiger partial charge in [-0.25, -0.2) is 0 Å². The number of aliphatic hydroxyl groups is 3. The number of aliphatic hydroxyl groups excluding tert-OH is 1. The van der Waals surface area contributed by atoms with Gasteiger partial charge in [0.1, 0.15) is 11.7 Å². The Balaban J connectivity index is 1.89. The maximum absolute atomic E-state index is 13.1. The van der Waals surface area contributed by atoms with E-state index >= 15 is 0 Å². The van der Waals surface area contributed by atoms with Crippen molar-refractivity contribution in [3.8, 4) is 0 Å². The third-order valence-corrected chi connectivity index (χ3v) is 9.08. The van der Waals surface area contributed by atoms with Crippen LogP contribution in [0.4, 0.5) is 0 Å². The van der Waals surface area contributed by atoms with Crippen molar-refractivity contribution in [2.24, 2.45) is 29.1 Å². The molecule has 0 heterocycles. The third kappa shape index (κ3) is 3.34. The van der Waals surface area contributed by atoms with Crippen molar-refractivity contribution in [3.63, 3.8) is 0 Å². The van der Waals surface area contributed by atoms with Crippen LogP contribution in [0.5, 0.6) is 0 Å². The Morgan fingerprint density at radius 3 is 2.33 bits per heavy atom. The zero-order chi connectivity index (χ0) is 27.0. The molecule has 0 spiro atoms. The number of carboxylic acid groups (broad SMARTS) is 1. The molecule has 4 rings (SSSR count). The van der Waals surface area contributed by atoms with Gasteiger partial charge in [0.2, 0.25) is 0 Å². The van der Waals surface area contributed by atoms with Gasteiger partial charge in [-0.15, -0.1) is 0 Å². The van der Waals surface area contributed by atoms with Crippen LogP contribution in [0, 0.1) is 29.1 Å². The normalized spacial score (nSPS) is 42.1. The van der Waals surface area contributed by atoms with Crippen LogP contribution in [0.2, 0.25) is 0 Å². The van der Waals surface area contributed by atoms with E-state index in [0.29, 0.717) is 5.57 Å². The van der Waals surface area contributed by atoms with Crippen LogP contribution in [0.1, 0.15) is 53.9 Å². The predicted molar refractivity (Wildman–Crippen MR) is 123 cm³/mol. The van der Waals surface area contributed by atoms with Gasteiger partial charge < -0.3 is 29.9 Å². The Hall–Kier alpha value is -2.56. The maximum atomic E-state index is 13.1. The summed E-state index contributed by atoms with van der Waals surface area (Å²) in [6.07, 6.45) is 1.08. The quantitative estimate of drug-likeness (QED) is 0.300. The van der Waals surface area contributed by atoms with Gasteiger partial charge in [0, 0.05) is 42.4 Å². The summed E-state index contributed by atoms with van der Waals surface area (Å²) in [6.45, 7) is 7.55. The van der Waals surface area contributed by atoms with E-state index in [1.165, 1.54) is 6.92 Å². The summed E-state index contributed by atoms with van der Waals surface area (Å²) >= 11 is 0. The lowest BCUT2D eigenvalue weighted by atomic mass is 9.59. The highest BCUT2D eigenvalue weighted by Gasteiger charge is 2.87. The highest BCUT2D eigenvalue weighted by atomic mass is 16.6. The largest absolute Gasteiger partial charge is 0.481 e. The Bertz CT molecular complexity index is 1090. The molecule has 0 amide bonds. The lowest BCUT2D eigenvalue weighted by Gasteiger charge is -2.53. The Morgan fingerprint density at radius 1 is 1.14 bits per heavy atom. The van der Waals surface area contributed by atoms with E-state index in [1.807, 2.05) is 13.8 Å². The summed E-state index contributed by atoms with van der Waals surface area (Å²) in [5.41, 5.74) is -5.35. The SMILES string of the molecule is CC(=O)O[C@@H]1[C@@H](C)[C@@]2(O)[C@@H](C=C(CO)C[C@]3(O)C(=O)C(C)=C[C@@H]23)C2C(C)(C)[C@@]21OC(=O)CCC(=O)O. The summed E-state index contributed by atoms with van der Waals surface area (Å²) in [4.78, 5) is 49.1. The molecule has 10 heteroatoms. The molecular weight excluding hydrogens is 472 g/mol. The molecule has 0 bridgehead atoms. The van der Waals surface area contributed by atoms with Crippen molar-refractivity contribution in [3.05, 3.63) is 23.3 Å². The second-order valence-electron chi connectivity index (χ2n) is 11.3. The summed E-state index contributed by atoms with van der Waals surface area (Å²) in [5.74, 6) is -6.51. The number of esters is 2. The van der Waals surface area contributed by atoms with E-state index in [0.717, 1.165) is 0 Å². The van der Waals surface area contributed by atoms with Crippen molar-refractivity contribution in [1.29, 1.82) is 0 Å². The molecule has 10 nitrogen and oxygen atoms in total. The van der Waals surface area contributed by atoms with Gasteiger partial charge in [0.25, 0.3) is 0 Å². The van der Waals surface area contributed by atoms with Gasteiger partial charge in [-0.2, -0.15) is 0 Å². The van der Waals surface area contributed by atoms with Crippen LogP contribution in [-0.2, 0) is 28.7 Å². The zero-order valence-electron chi connectivity index (χ0n) is 21.1. The minimum atomic E-state index is -1.99. The zero-order valence-corrected chi connectivity index (χ0v) is 21.1. The van der Waals surface area contributed by atoms with Gasteiger partial charge in [-0.05, 0) is 18.1 Å². The first-order valence-corrected chi connectivity index (χ1v) is 12.2. The first-order valence-electron chi connectivity index (χ1n) is 12.2. The minimum Gasteiger partial charge on any atom is -0.481 e. The second kappa shape index (κ2) is 8.22. The maximum Gasteiger partial charge on any atom is 0.307 e. The number of Topliss-reactive ketones (excluding diaryl/α,β-unsaturated/α-hetero) is 1. The van der Waals surface area contributed by atoms with Gasteiger partial charge in [0.05, 0.1) is 25.0 Å². The minimum absolute atomic E-state index is 0.177. The first-order chi connectivity index (χ1) is 16.6. The average molecular weight is 507 g/mol. The Kier molecular flexibility index (Phi) is 6.05. The Morgan fingerprint density at radius 2 is 1.78 bits per heavy atom. The van der Waals surface area contributed by atoms with Crippen LogP contribution >= 0.6 is 0 Å². The molecule has 2 saturated carbocycles. The fourth-order valence-corrected chi connectivity index (χ4v) is 7.45. The van der Waals surface area contributed by atoms with Crippen molar-refractivity contribution in [1.82, 2.24) is 0 Å². The highest BCUT2D eigenvalue weighted by molar-refractivity contribution is 6.04. The fourth-order valence-electron chi connectivity index (χ4n) is 7.45. The molecule has 0 radical (unpaired) electrons. The Labute approximate surface area is 209 Å². The van der Waals surface area contributed by atoms with Gasteiger partial charge >= 0.3 is 17.9 Å². The standard InChI is InChI=1S/C26H34O10/c1-12-8-17-24(33,21(12)32)10-15(11-27)9-16-20-23(4,5)26(20,36-19(31)7-6-18(29)30)22(35-14(3)28)13(2)25(16,17)34/h8-9,13,16-17,20,22,27,33-34H,6-7,10-11H2,1-5H3,(H,29,30)/t13-,16+,17-,20?,22-,24-,25-,26-/m1/s1. The van der Waals surface area contributed by atoms with E-state index in [4.69, 9.17) is 14.6 Å². The van der Waals surface area contributed by atoms with Crippen molar-refractivity contribution >= 4 is 23.7 Å². The molecule has 0 aliphatic heterocycles. The number of hydrogen-bond donors (Lipinski definition) is 4. The van der Waals surface area contributed by atoms with E-state index in [9.17, 15) is 34.5 Å². The van der Waals surface area contributed by atoms with Crippen LogP contribution in [0.15, 0.2) is 23.3 Å². The molecule has 0 saturated heterocycles. The predicted octanol–water partition coefficient (Wildman–Crippen LogP) is 0.917. The fraction of sp³-hybridized carbons (Fsp3) is 0.692. The van der Waals surface area contributed by atoms with Crippen LogP contribution in [-0.4, -0.2) is 73.6 Å². The first kappa shape index (κ1) is 26.5. The molecule has 4 N–H and O–H groups in total. The van der Waals surface area contributed by atoms with Crippen molar-refractivity contribution in [2.75, 3.05) is 6.61 Å². The molecule has 1 unspecified atom stereocenters. The van der Waals surface area contributed by atoms with Crippen LogP contribution in [0.3, 0.4) is 0 Å². The number of carbonyl (C=O) groups is 4. The number of carboxylic acids is 1.